The van der Waals surface area contributed by atoms with Crippen LogP contribution in [0.2, 0.25) is 5.15 Å². The van der Waals surface area contributed by atoms with Crippen LogP contribution in [0.5, 0.6) is 0 Å². The van der Waals surface area contributed by atoms with E-state index < -0.39 is 5.54 Å². The van der Waals surface area contributed by atoms with E-state index in [-0.39, 0.29) is 16.8 Å². The highest BCUT2D eigenvalue weighted by molar-refractivity contribution is 6.32. The number of halogens is 1. The van der Waals surface area contributed by atoms with Crippen molar-refractivity contribution in [2.75, 3.05) is 0 Å². The van der Waals surface area contributed by atoms with Crippen molar-refractivity contribution in [2.24, 2.45) is 0 Å². The Morgan fingerprint density at radius 3 is 2.32 bits per heavy atom. The molecule has 0 aliphatic carbocycles. The van der Waals surface area contributed by atoms with Crippen molar-refractivity contribution in [2.45, 2.75) is 53.0 Å². The minimum atomic E-state index is -0.392. The Bertz CT molecular complexity index is 691. The summed E-state index contributed by atoms with van der Waals surface area (Å²) in [7, 11) is 0. The molecule has 0 bridgehead atoms. The van der Waals surface area contributed by atoms with Crippen molar-refractivity contribution in [3.63, 3.8) is 0 Å². The van der Waals surface area contributed by atoms with Crippen LogP contribution in [0.15, 0.2) is 4.79 Å². The van der Waals surface area contributed by atoms with Gasteiger partial charge in [0.05, 0.1) is 11.2 Å². The van der Waals surface area contributed by atoms with Gasteiger partial charge in [0.15, 0.2) is 10.8 Å². The summed E-state index contributed by atoms with van der Waals surface area (Å²) in [5.41, 5.74) is 1.48. The monoisotopic (exact) mass is 282 g/mol. The minimum absolute atomic E-state index is 0.175. The topological polar surface area (TPSA) is 52.2 Å². The summed E-state index contributed by atoms with van der Waals surface area (Å²) in [6.45, 7) is 11.7. The number of hydrogen-bond acceptors (Lipinski definition) is 3. The lowest BCUT2D eigenvalue weighted by Gasteiger charge is -2.16. The van der Waals surface area contributed by atoms with Crippen molar-refractivity contribution < 1.29 is 0 Å². The lowest BCUT2D eigenvalue weighted by atomic mass is 10.1. The lowest BCUT2D eigenvalue weighted by Crippen LogP contribution is -2.34. The molecule has 0 aliphatic rings. The quantitative estimate of drug-likeness (QED) is 0.808. The number of aryl methyl sites for hydroxylation is 1. The summed E-state index contributed by atoms with van der Waals surface area (Å²) < 4.78 is 3.00. The van der Waals surface area contributed by atoms with Gasteiger partial charge < -0.3 is 0 Å². The summed E-state index contributed by atoms with van der Waals surface area (Å²) in [4.78, 5) is 16.9. The second-order valence-electron chi connectivity index (χ2n) is 6.05. The van der Waals surface area contributed by atoms with Gasteiger partial charge in [-0.25, -0.2) is 18.9 Å². The summed E-state index contributed by atoms with van der Waals surface area (Å²) in [5.74, 6) is 0.201. The average Bonchev–Trinajstić information content (AvgIpc) is 2.61. The van der Waals surface area contributed by atoms with E-state index in [1.54, 1.807) is 4.40 Å². The summed E-state index contributed by atoms with van der Waals surface area (Å²) in [5, 5.41) is 4.59. The molecule has 0 unspecified atom stereocenters. The van der Waals surface area contributed by atoms with Crippen LogP contribution in [0.1, 0.15) is 51.9 Å². The molecular formula is C13H19ClN4O. The molecule has 2 heterocycles. The van der Waals surface area contributed by atoms with Crippen LogP contribution in [-0.4, -0.2) is 19.2 Å². The van der Waals surface area contributed by atoms with Gasteiger partial charge in [0.2, 0.25) is 0 Å². The first-order valence-corrected chi connectivity index (χ1v) is 6.70. The second-order valence-corrected chi connectivity index (χ2v) is 6.41. The SMILES string of the molecule is Cc1c(C(C)C)nc(Cl)c2nn(C(C)(C)C)c(=O)n12. The molecule has 0 saturated heterocycles. The largest absolute Gasteiger partial charge is 0.351 e. The molecule has 0 atom stereocenters. The molecule has 2 aromatic rings. The molecule has 104 valence electrons. The zero-order valence-electron chi connectivity index (χ0n) is 12.2. The van der Waals surface area contributed by atoms with E-state index in [1.807, 2.05) is 41.5 Å². The maximum absolute atomic E-state index is 12.5. The van der Waals surface area contributed by atoms with E-state index in [0.29, 0.717) is 5.65 Å². The van der Waals surface area contributed by atoms with Crippen molar-refractivity contribution in [3.05, 3.63) is 27.0 Å². The Hall–Kier alpha value is -1.36. The zero-order valence-corrected chi connectivity index (χ0v) is 12.9. The van der Waals surface area contributed by atoms with Crippen LogP contribution in [-0.2, 0) is 5.54 Å². The van der Waals surface area contributed by atoms with Crippen LogP contribution in [0.3, 0.4) is 0 Å². The third kappa shape index (κ3) is 2.16. The van der Waals surface area contributed by atoms with Crippen molar-refractivity contribution in [1.82, 2.24) is 19.2 Å². The standard InChI is InChI=1S/C13H19ClN4O/c1-7(2)9-8(3)17-11(10(14)15-9)16-18(12(17)19)13(4,5)6/h7H,1-6H3. The van der Waals surface area contributed by atoms with Gasteiger partial charge >= 0.3 is 5.69 Å². The first-order valence-electron chi connectivity index (χ1n) is 6.33. The number of nitrogens with zero attached hydrogens (tertiary/aromatic N) is 4. The Morgan fingerprint density at radius 2 is 1.84 bits per heavy atom. The Kier molecular flexibility index (Phi) is 3.21. The third-order valence-electron chi connectivity index (χ3n) is 3.07. The zero-order chi connectivity index (χ0) is 14.5. The number of rotatable bonds is 1. The molecule has 0 spiro atoms. The molecule has 2 rings (SSSR count). The van der Waals surface area contributed by atoms with E-state index >= 15 is 0 Å². The predicted octanol–water partition coefficient (Wildman–Crippen LogP) is 2.73. The van der Waals surface area contributed by atoms with Gasteiger partial charge in [-0.15, -0.1) is 5.10 Å². The maximum Gasteiger partial charge on any atom is 0.351 e. The Balaban J connectivity index is 2.93. The average molecular weight is 283 g/mol. The molecule has 0 aromatic carbocycles. The van der Waals surface area contributed by atoms with E-state index in [2.05, 4.69) is 10.1 Å². The molecule has 0 saturated carbocycles. The van der Waals surface area contributed by atoms with Gasteiger partial charge in [-0.3, -0.25) is 0 Å². The predicted molar refractivity (Wildman–Crippen MR) is 76.1 cm³/mol. The first kappa shape index (κ1) is 14.1. The van der Waals surface area contributed by atoms with E-state index in [0.717, 1.165) is 11.4 Å². The Labute approximate surface area is 117 Å². The van der Waals surface area contributed by atoms with Crippen LogP contribution < -0.4 is 5.69 Å². The highest BCUT2D eigenvalue weighted by atomic mass is 35.5. The summed E-state index contributed by atoms with van der Waals surface area (Å²) in [6.07, 6.45) is 0. The van der Waals surface area contributed by atoms with Crippen molar-refractivity contribution in [1.29, 1.82) is 0 Å². The highest BCUT2D eigenvalue weighted by Crippen LogP contribution is 2.22. The number of aromatic nitrogens is 4. The Morgan fingerprint density at radius 1 is 1.26 bits per heavy atom. The van der Waals surface area contributed by atoms with Gasteiger partial charge in [-0.1, -0.05) is 25.4 Å². The molecule has 0 amide bonds. The van der Waals surface area contributed by atoms with Crippen molar-refractivity contribution >= 4 is 17.2 Å². The fourth-order valence-corrected chi connectivity index (χ4v) is 2.35. The molecule has 0 N–H and O–H groups in total. The van der Waals surface area contributed by atoms with Crippen molar-refractivity contribution in [3.8, 4) is 0 Å². The maximum atomic E-state index is 12.5. The molecule has 0 radical (unpaired) electrons. The van der Waals surface area contributed by atoms with Gasteiger partial charge in [-0.05, 0) is 33.6 Å². The molecule has 2 aromatic heterocycles. The van der Waals surface area contributed by atoms with Crippen LogP contribution >= 0.6 is 11.6 Å². The fraction of sp³-hybridized carbons (Fsp3) is 0.615. The highest BCUT2D eigenvalue weighted by Gasteiger charge is 2.23. The summed E-state index contributed by atoms with van der Waals surface area (Å²) >= 11 is 6.17. The molecular weight excluding hydrogens is 264 g/mol. The molecule has 0 fully saturated rings. The van der Waals surface area contributed by atoms with Gasteiger partial charge in [0, 0.05) is 5.69 Å². The lowest BCUT2D eigenvalue weighted by molar-refractivity contribution is 0.344. The normalized spacial score (nSPS) is 12.6. The minimum Gasteiger partial charge on any atom is -0.246 e. The fourth-order valence-electron chi connectivity index (χ4n) is 2.14. The van der Waals surface area contributed by atoms with E-state index in [1.165, 1.54) is 4.68 Å². The molecule has 19 heavy (non-hydrogen) atoms. The van der Waals surface area contributed by atoms with E-state index in [4.69, 9.17) is 11.6 Å². The van der Waals surface area contributed by atoms with Gasteiger partial charge in [-0.2, -0.15) is 0 Å². The second kappa shape index (κ2) is 4.34. The molecule has 5 nitrogen and oxygen atoms in total. The molecule has 6 heteroatoms. The summed E-state index contributed by atoms with van der Waals surface area (Å²) in [6, 6.07) is 0. The molecule has 0 aliphatic heterocycles. The van der Waals surface area contributed by atoms with Gasteiger partial charge in [0.1, 0.15) is 0 Å². The van der Waals surface area contributed by atoms with Crippen LogP contribution in [0.4, 0.5) is 0 Å². The smallest absolute Gasteiger partial charge is 0.246 e. The van der Waals surface area contributed by atoms with Gasteiger partial charge in [0.25, 0.3) is 0 Å². The van der Waals surface area contributed by atoms with Crippen LogP contribution in [0.25, 0.3) is 5.65 Å². The number of hydrogen-bond donors (Lipinski definition) is 0. The van der Waals surface area contributed by atoms with E-state index in [9.17, 15) is 4.79 Å². The third-order valence-corrected chi connectivity index (χ3v) is 3.32. The number of fused-ring (bicyclic) bond motifs is 1. The first-order chi connectivity index (χ1) is 8.64. The van der Waals surface area contributed by atoms with Crippen LogP contribution in [0, 0.1) is 6.92 Å².